The van der Waals surface area contributed by atoms with Gasteiger partial charge in [-0.1, -0.05) is 12.1 Å². The largest absolute Gasteiger partial charge is 0.409 e. The van der Waals surface area contributed by atoms with Gasteiger partial charge in [0.2, 0.25) is 0 Å². The third-order valence-electron chi connectivity index (χ3n) is 3.22. The fourth-order valence-corrected chi connectivity index (χ4v) is 2.89. The van der Waals surface area contributed by atoms with E-state index < -0.39 is 0 Å². The van der Waals surface area contributed by atoms with E-state index in [-0.39, 0.29) is 5.84 Å². The smallest absolute Gasteiger partial charge is 0.174 e. The van der Waals surface area contributed by atoms with E-state index in [1.165, 1.54) is 0 Å². The van der Waals surface area contributed by atoms with Crippen LogP contribution in [0.15, 0.2) is 17.4 Å². The Hall–Kier alpha value is -1.43. The van der Waals surface area contributed by atoms with Crippen molar-refractivity contribution in [3.8, 4) is 0 Å². The predicted octanol–water partition coefficient (Wildman–Crippen LogP) is 2.06. The number of thioether (sulfide) groups is 1. The number of hydrogen-bond donors (Lipinski definition) is 2. The summed E-state index contributed by atoms with van der Waals surface area (Å²) in [6.07, 6.45) is 4.86. The Balaban J connectivity index is 3.22. The Kier molecular flexibility index (Phi) is 5.95. The van der Waals surface area contributed by atoms with E-state index in [2.05, 4.69) is 28.2 Å². The number of nitrogens with two attached hydrogens (primary N) is 1. The maximum Gasteiger partial charge on any atom is 0.174 e. The molecule has 1 rings (SSSR count). The fourth-order valence-electron chi connectivity index (χ4n) is 2.05. The maximum absolute atomic E-state index is 8.93. The summed E-state index contributed by atoms with van der Waals surface area (Å²) in [6, 6.07) is 2.23. The van der Waals surface area contributed by atoms with Gasteiger partial charge >= 0.3 is 0 Å². The van der Waals surface area contributed by atoms with Crippen LogP contribution in [0, 0.1) is 6.92 Å². The quantitative estimate of drug-likeness (QED) is 0.361. The lowest BCUT2D eigenvalue weighted by Crippen LogP contribution is -2.35. The van der Waals surface area contributed by atoms with Gasteiger partial charge in [0.1, 0.15) is 5.82 Å². The zero-order chi connectivity index (χ0) is 14.4. The van der Waals surface area contributed by atoms with Crippen molar-refractivity contribution >= 4 is 23.4 Å². The molecule has 1 aromatic heterocycles. The molecule has 0 aliphatic heterocycles. The van der Waals surface area contributed by atoms with Gasteiger partial charge in [0, 0.05) is 25.0 Å². The molecule has 0 aromatic carbocycles. The molecule has 0 radical (unpaired) electrons. The average molecular weight is 282 g/mol. The van der Waals surface area contributed by atoms with Crippen LogP contribution in [0.5, 0.6) is 0 Å². The third-order valence-corrected chi connectivity index (χ3v) is 3.93. The molecule has 1 heterocycles. The van der Waals surface area contributed by atoms with E-state index in [1.54, 1.807) is 18.0 Å². The summed E-state index contributed by atoms with van der Waals surface area (Å²) in [6.45, 7) is 4.08. The van der Waals surface area contributed by atoms with Crippen molar-refractivity contribution in [2.45, 2.75) is 26.3 Å². The maximum atomic E-state index is 8.93. The van der Waals surface area contributed by atoms with E-state index in [0.717, 1.165) is 23.6 Å². The summed E-state index contributed by atoms with van der Waals surface area (Å²) >= 11 is 1.80. The minimum atomic E-state index is 0.103. The predicted molar refractivity (Wildman–Crippen MR) is 82.3 cm³/mol. The molecular weight excluding hydrogens is 260 g/mol. The van der Waals surface area contributed by atoms with Crippen molar-refractivity contribution in [2.24, 2.45) is 10.9 Å². The van der Waals surface area contributed by atoms with Crippen LogP contribution in [-0.4, -0.2) is 41.1 Å². The highest BCUT2D eigenvalue weighted by molar-refractivity contribution is 7.98. The molecule has 0 saturated carbocycles. The molecule has 0 bridgehead atoms. The summed E-state index contributed by atoms with van der Waals surface area (Å²) in [4.78, 5) is 6.51. The van der Waals surface area contributed by atoms with Crippen LogP contribution in [-0.2, 0) is 0 Å². The first-order valence-electron chi connectivity index (χ1n) is 6.22. The van der Waals surface area contributed by atoms with E-state index in [1.807, 2.05) is 20.0 Å². The number of oxime groups is 1. The van der Waals surface area contributed by atoms with Gasteiger partial charge in [0.15, 0.2) is 5.84 Å². The SMILES string of the molecule is CCC(CSC)N(C)c1nccc(C)c1/C(N)=N/O. The van der Waals surface area contributed by atoms with Gasteiger partial charge in [0.05, 0.1) is 5.56 Å². The second-order valence-electron chi connectivity index (χ2n) is 4.44. The van der Waals surface area contributed by atoms with Crippen LogP contribution in [0.25, 0.3) is 0 Å². The van der Waals surface area contributed by atoms with Gasteiger partial charge in [-0.3, -0.25) is 0 Å². The lowest BCUT2D eigenvalue weighted by Gasteiger charge is -2.29. The normalized spacial score (nSPS) is 13.4. The molecule has 0 spiro atoms. The van der Waals surface area contributed by atoms with Crippen LogP contribution in [0.2, 0.25) is 0 Å². The van der Waals surface area contributed by atoms with Gasteiger partial charge in [-0.25, -0.2) is 4.98 Å². The van der Waals surface area contributed by atoms with E-state index in [4.69, 9.17) is 10.9 Å². The lowest BCUT2D eigenvalue weighted by atomic mass is 10.1. The molecule has 0 aliphatic rings. The third kappa shape index (κ3) is 3.53. The fraction of sp³-hybridized carbons (Fsp3) is 0.538. The van der Waals surface area contributed by atoms with Crippen molar-refractivity contribution in [1.82, 2.24) is 4.98 Å². The highest BCUT2D eigenvalue weighted by atomic mass is 32.2. The Bertz CT molecular complexity index is 450. The zero-order valence-corrected chi connectivity index (χ0v) is 12.7. The minimum absolute atomic E-state index is 0.103. The Labute approximate surface area is 118 Å². The van der Waals surface area contributed by atoms with Crippen molar-refractivity contribution in [3.05, 3.63) is 23.4 Å². The molecule has 19 heavy (non-hydrogen) atoms. The first-order valence-corrected chi connectivity index (χ1v) is 7.61. The van der Waals surface area contributed by atoms with E-state index in [0.29, 0.717) is 11.6 Å². The van der Waals surface area contributed by atoms with Gasteiger partial charge in [0.25, 0.3) is 0 Å². The minimum Gasteiger partial charge on any atom is -0.409 e. The van der Waals surface area contributed by atoms with Crippen LogP contribution >= 0.6 is 11.8 Å². The topological polar surface area (TPSA) is 74.7 Å². The monoisotopic (exact) mass is 282 g/mol. The second-order valence-corrected chi connectivity index (χ2v) is 5.35. The molecular formula is C13H22N4OS. The standard InChI is InChI=1S/C13H22N4OS/c1-5-10(8-19-4)17(3)13-11(12(14)16-18)9(2)6-7-15-13/h6-7,10,18H,5,8H2,1-4H3,(H2,14,16). The summed E-state index contributed by atoms with van der Waals surface area (Å²) in [5, 5.41) is 12.0. The molecule has 0 fully saturated rings. The van der Waals surface area contributed by atoms with Crippen LogP contribution < -0.4 is 10.6 Å². The second kappa shape index (κ2) is 7.23. The number of hydrogen-bond acceptors (Lipinski definition) is 5. The number of aryl methyl sites for hydroxylation is 1. The first kappa shape index (κ1) is 15.6. The molecule has 0 aliphatic carbocycles. The molecule has 3 N–H and O–H groups in total. The number of pyridine rings is 1. The molecule has 1 aromatic rings. The summed E-state index contributed by atoms with van der Waals surface area (Å²) in [5.74, 6) is 1.88. The van der Waals surface area contributed by atoms with Crippen LogP contribution in [0.1, 0.15) is 24.5 Å². The average Bonchev–Trinajstić information content (AvgIpc) is 2.42. The molecule has 106 valence electrons. The molecule has 5 nitrogen and oxygen atoms in total. The van der Waals surface area contributed by atoms with Gasteiger partial charge in [-0.05, 0) is 31.2 Å². The summed E-state index contributed by atoms with van der Waals surface area (Å²) in [5.41, 5.74) is 7.43. The molecule has 1 unspecified atom stereocenters. The van der Waals surface area contributed by atoms with Gasteiger partial charge in [-0.15, -0.1) is 0 Å². The Morgan fingerprint density at radius 2 is 2.32 bits per heavy atom. The first-order chi connectivity index (χ1) is 9.06. The van der Waals surface area contributed by atoms with Crippen molar-refractivity contribution in [1.29, 1.82) is 0 Å². The summed E-state index contributed by atoms with van der Waals surface area (Å²) < 4.78 is 0. The Morgan fingerprint density at radius 3 is 2.84 bits per heavy atom. The van der Waals surface area contributed by atoms with E-state index >= 15 is 0 Å². The van der Waals surface area contributed by atoms with Crippen molar-refractivity contribution in [2.75, 3.05) is 24.0 Å². The van der Waals surface area contributed by atoms with E-state index in [9.17, 15) is 0 Å². The number of anilines is 1. The van der Waals surface area contributed by atoms with Gasteiger partial charge < -0.3 is 15.8 Å². The highest BCUT2D eigenvalue weighted by Gasteiger charge is 2.20. The number of aromatic nitrogens is 1. The molecule has 0 saturated heterocycles. The van der Waals surface area contributed by atoms with Crippen LogP contribution in [0.4, 0.5) is 5.82 Å². The lowest BCUT2D eigenvalue weighted by molar-refractivity contribution is 0.318. The zero-order valence-electron chi connectivity index (χ0n) is 11.9. The summed E-state index contributed by atoms with van der Waals surface area (Å²) in [7, 11) is 2.00. The molecule has 0 amide bonds. The van der Waals surface area contributed by atoms with Crippen LogP contribution in [0.3, 0.4) is 0 Å². The van der Waals surface area contributed by atoms with Crippen molar-refractivity contribution < 1.29 is 5.21 Å². The highest BCUT2D eigenvalue weighted by Crippen LogP contribution is 2.23. The molecule has 6 heteroatoms. The Morgan fingerprint density at radius 1 is 1.63 bits per heavy atom. The number of nitrogens with zero attached hydrogens (tertiary/aromatic N) is 3. The molecule has 1 atom stereocenters. The number of amidine groups is 1. The van der Waals surface area contributed by atoms with Crippen molar-refractivity contribution in [3.63, 3.8) is 0 Å². The van der Waals surface area contributed by atoms with Gasteiger partial charge in [-0.2, -0.15) is 11.8 Å². The number of rotatable bonds is 6.